The van der Waals surface area contributed by atoms with Crippen molar-refractivity contribution in [1.29, 1.82) is 5.26 Å². The SMILES string of the molecule is Cc1c(NC(=O)c2cc(C(N)=O)nc3ccccc23)c(C(F)(F)F)nn1Cc1cc(C#N)no1. The van der Waals surface area contributed by atoms with E-state index in [9.17, 15) is 22.8 Å². The Morgan fingerprint density at radius 2 is 2.00 bits per heavy atom. The van der Waals surface area contributed by atoms with E-state index in [1.807, 2.05) is 0 Å². The minimum atomic E-state index is -4.89. The van der Waals surface area contributed by atoms with Crippen molar-refractivity contribution in [1.82, 2.24) is 19.9 Å². The van der Waals surface area contributed by atoms with Gasteiger partial charge in [-0.05, 0) is 19.1 Å². The average Bonchev–Trinajstić information content (AvgIpc) is 3.38. The molecule has 0 bridgehead atoms. The number of carbonyl (C=O) groups excluding carboxylic acids is 2. The van der Waals surface area contributed by atoms with Crippen LogP contribution in [0.25, 0.3) is 10.9 Å². The number of amides is 2. The quantitative estimate of drug-likeness (QED) is 0.456. The molecule has 0 aliphatic carbocycles. The van der Waals surface area contributed by atoms with Crippen molar-refractivity contribution in [2.75, 3.05) is 5.32 Å². The average molecular weight is 469 g/mol. The van der Waals surface area contributed by atoms with Crippen LogP contribution in [0.2, 0.25) is 0 Å². The molecule has 3 aromatic heterocycles. The molecule has 4 rings (SSSR count). The number of pyridine rings is 1. The molecule has 0 spiro atoms. The number of rotatable bonds is 5. The van der Waals surface area contributed by atoms with Gasteiger partial charge in [-0.25, -0.2) is 4.98 Å². The highest BCUT2D eigenvalue weighted by atomic mass is 19.4. The van der Waals surface area contributed by atoms with Gasteiger partial charge in [-0.3, -0.25) is 14.3 Å². The Kier molecular flexibility index (Phi) is 5.50. The standard InChI is InChI=1S/C21H14F3N7O3/c1-10-17(18(21(22,23)24)29-31(10)9-12-6-11(8-25)30-34-12)28-20(33)14-7-16(19(26)32)27-15-5-3-2-4-13(14)15/h2-7H,9H2,1H3,(H2,26,32)(H,28,33). The molecule has 0 atom stereocenters. The highest BCUT2D eigenvalue weighted by Crippen LogP contribution is 2.36. The summed E-state index contributed by atoms with van der Waals surface area (Å²) in [5.74, 6) is -1.72. The second-order valence-corrected chi connectivity index (χ2v) is 7.15. The number of halogens is 3. The van der Waals surface area contributed by atoms with Crippen LogP contribution in [0.4, 0.5) is 18.9 Å². The van der Waals surface area contributed by atoms with E-state index >= 15 is 0 Å². The molecule has 0 radical (unpaired) electrons. The van der Waals surface area contributed by atoms with Crippen LogP contribution in [0.1, 0.15) is 43.7 Å². The van der Waals surface area contributed by atoms with Crippen LogP contribution in [0.3, 0.4) is 0 Å². The van der Waals surface area contributed by atoms with Gasteiger partial charge in [0.15, 0.2) is 17.1 Å². The van der Waals surface area contributed by atoms with Gasteiger partial charge in [-0.2, -0.15) is 23.5 Å². The highest BCUT2D eigenvalue weighted by molar-refractivity contribution is 6.14. The van der Waals surface area contributed by atoms with Gasteiger partial charge in [-0.1, -0.05) is 23.4 Å². The molecule has 2 amide bonds. The van der Waals surface area contributed by atoms with Crippen molar-refractivity contribution in [2.24, 2.45) is 5.73 Å². The highest BCUT2D eigenvalue weighted by Gasteiger charge is 2.39. The lowest BCUT2D eigenvalue weighted by molar-refractivity contribution is -0.140. The van der Waals surface area contributed by atoms with Gasteiger partial charge >= 0.3 is 6.18 Å². The van der Waals surface area contributed by atoms with E-state index in [1.54, 1.807) is 24.3 Å². The summed E-state index contributed by atoms with van der Waals surface area (Å²) in [5, 5.41) is 18.5. The first-order valence-electron chi connectivity index (χ1n) is 9.59. The van der Waals surface area contributed by atoms with E-state index in [1.165, 1.54) is 19.1 Å². The lowest BCUT2D eigenvalue weighted by atomic mass is 10.1. The van der Waals surface area contributed by atoms with Crippen molar-refractivity contribution in [2.45, 2.75) is 19.6 Å². The number of nitrogens with one attached hydrogen (secondary N) is 1. The van der Waals surface area contributed by atoms with E-state index in [4.69, 9.17) is 15.5 Å². The fourth-order valence-corrected chi connectivity index (χ4v) is 3.31. The summed E-state index contributed by atoms with van der Waals surface area (Å²) in [4.78, 5) is 28.8. The third-order valence-electron chi connectivity index (χ3n) is 4.91. The van der Waals surface area contributed by atoms with Crippen LogP contribution in [-0.2, 0) is 12.7 Å². The number of para-hydroxylation sites is 1. The van der Waals surface area contributed by atoms with Gasteiger partial charge in [0.1, 0.15) is 18.3 Å². The van der Waals surface area contributed by atoms with E-state index in [0.29, 0.717) is 5.39 Å². The minimum Gasteiger partial charge on any atom is -0.364 e. The van der Waals surface area contributed by atoms with Gasteiger partial charge in [0.2, 0.25) is 0 Å². The minimum absolute atomic E-state index is 0.0240. The fourth-order valence-electron chi connectivity index (χ4n) is 3.31. The molecule has 0 fully saturated rings. The zero-order valence-corrected chi connectivity index (χ0v) is 17.3. The molecule has 34 heavy (non-hydrogen) atoms. The number of carbonyl (C=O) groups is 2. The van der Waals surface area contributed by atoms with Crippen molar-refractivity contribution in [3.63, 3.8) is 0 Å². The predicted molar refractivity (Wildman–Crippen MR) is 111 cm³/mol. The number of anilines is 1. The second kappa shape index (κ2) is 8.32. The molecule has 0 aliphatic heterocycles. The third kappa shape index (κ3) is 4.16. The largest absolute Gasteiger partial charge is 0.437 e. The number of benzene rings is 1. The summed E-state index contributed by atoms with van der Waals surface area (Å²) in [6, 6.07) is 10.4. The topological polar surface area (TPSA) is 153 Å². The molecule has 172 valence electrons. The molecule has 3 N–H and O–H groups in total. The summed E-state index contributed by atoms with van der Waals surface area (Å²) in [5.41, 5.74) is 3.29. The van der Waals surface area contributed by atoms with Crippen molar-refractivity contribution in [3.05, 3.63) is 70.5 Å². The van der Waals surface area contributed by atoms with Crippen molar-refractivity contribution < 1.29 is 27.3 Å². The number of hydrogen-bond donors (Lipinski definition) is 2. The van der Waals surface area contributed by atoms with Gasteiger partial charge < -0.3 is 15.6 Å². The van der Waals surface area contributed by atoms with Gasteiger partial charge in [0.25, 0.3) is 11.8 Å². The first kappa shape index (κ1) is 22.5. The zero-order chi connectivity index (χ0) is 24.6. The monoisotopic (exact) mass is 469 g/mol. The Bertz CT molecular complexity index is 1480. The maximum absolute atomic E-state index is 13.7. The van der Waals surface area contributed by atoms with Gasteiger partial charge in [0, 0.05) is 11.5 Å². The molecule has 0 saturated carbocycles. The fraction of sp³-hybridized carbons (Fsp3) is 0.143. The molecule has 0 unspecified atom stereocenters. The number of fused-ring (bicyclic) bond motifs is 1. The van der Waals surface area contributed by atoms with E-state index < -0.39 is 29.4 Å². The smallest absolute Gasteiger partial charge is 0.364 e. The van der Waals surface area contributed by atoms with Crippen molar-refractivity contribution >= 4 is 28.4 Å². The Balaban J connectivity index is 1.76. The van der Waals surface area contributed by atoms with E-state index in [0.717, 1.165) is 10.7 Å². The van der Waals surface area contributed by atoms with Crippen LogP contribution < -0.4 is 11.1 Å². The number of nitrogens with two attached hydrogens (primary N) is 1. The Hall–Kier alpha value is -4.73. The first-order valence-corrected chi connectivity index (χ1v) is 9.59. The number of primary amides is 1. The van der Waals surface area contributed by atoms with E-state index in [2.05, 4.69) is 20.6 Å². The first-order chi connectivity index (χ1) is 16.1. The molecule has 10 nitrogen and oxygen atoms in total. The number of aromatic nitrogens is 4. The summed E-state index contributed by atoms with van der Waals surface area (Å²) >= 11 is 0. The lowest BCUT2D eigenvalue weighted by Gasteiger charge is -2.11. The maximum atomic E-state index is 13.7. The molecule has 0 aliphatic rings. The number of hydrogen-bond acceptors (Lipinski definition) is 7. The summed E-state index contributed by atoms with van der Waals surface area (Å²) in [6.45, 7) is 1.07. The third-order valence-corrected chi connectivity index (χ3v) is 4.91. The summed E-state index contributed by atoms with van der Waals surface area (Å²) in [6.07, 6.45) is -4.89. The molecule has 1 aromatic carbocycles. The van der Waals surface area contributed by atoms with Crippen LogP contribution >= 0.6 is 0 Å². The van der Waals surface area contributed by atoms with Crippen LogP contribution in [0.5, 0.6) is 0 Å². The van der Waals surface area contributed by atoms with Crippen molar-refractivity contribution in [3.8, 4) is 6.07 Å². The lowest BCUT2D eigenvalue weighted by Crippen LogP contribution is -2.19. The Morgan fingerprint density at radius 1 is 1.26 bits per heavy atom. The van der Waals surface area contributed by atoms with Crippen LogP contribution in [0.15, 0.2) is 40.9 Å². The number of nitriles is 1. The molecule has 0 saturated heterocycles. The molecule has 4 aromatic rings. The molecular weight excluding hydrogens is 455 g/mol. The maximum Gasteiger partial charge on any atom is 0.437 e. The molecule has 3 heterocycles. The molecule has 13 heteroatoms. The van der Waals surface area contributed by atoms with E-state index in [-0.39, 0.29) is 40.5 Å². The normalized spacial score (nSPS) is 11.4. The zero-order valence-electron chi connectivity index (χ0n) is 17.3. The Labute approximate surface area is 188 Å². The predicted octanol–water partition coefficient (Wildman–Crippen LogP) is 3.02. The van der Waals surface area contributed by atoms with Crippen LogP contribution in [0, 0.1) is 18.3 Å². The summed E-state index contributed by atoms with van der Waals surface area (Å²) < 4.78 is 47.1. The number of nitrogens with zero attached hydrogens (tertiary/aromatic N) is 5. The van der Waals surface area contributed by atoms with Crippen LogP contribution in [-0.4, -0.2) is 31.7 Å². The second-order valence-electron chi connectivity index (χ2n) is 7.15. The molecular formula is C21H14F3N7O3. The number of alkyl halides is 3. The van der Waals surface area contributed by atoms with Gasteiger partial charge in [-0.15, -0.1) is 0 Å². The Morgan fingerprint density at radius 3 is 2.65 bits per heavy atom. The van der Waals surface area contributed by atoms with Gasteiger partial charge in [0.05, 0.1) is 22.5 Å². The summed E-state index contributed by atoms with van der Waals surface area (Å²) in [7, 11) is 0.